The summed E-state index contributed by atoms with van der Waals surface area (Å²) in [4.78, 5) is 25.5. The molecular formula is C13H25N3O2. The fourth-order valence-corrected chi connectivity index (χ4v) is 2.39. The number of amides is 2. The van der Waals surface area contributed by atoms with Gasteiger partial charge in [-0.15, -0.1) is 0 Å². The smallest absolute Gasteiger partial charge is 0.241 e. The Kier molecular flexibility index (Phi) is 5.59. The van der Waals surface area contributed by atoms with Gasteiger partial charge in [0, 0.05) is 13.6 Å². The van der Waals surface area contributed by atoms with Crippen molar-refractivity contribution in [2.45, 2.75) is 45.1 Å². The standard InChI is InChI=1S/C13H25N3O2/c1-4-7-13(8-6-9-15-13)12(18)14-10-11(17)16(3)5-2/h15H,4-10H2,1-3H3,(H,14,18). The van der Waals surface area contributed by atoms with Gasteiger partial charge in [0.05, 0.1) is 12.1 Å². The normalized spacial score (nSPS) is 22.8. The lowest BCUT2D eigenvalue weighted by Crippen LogP contribution is -2.55. The van der Waals surface area contributed by atoms with Crippen LogP contribution in [0.5, 0.6) is 0 Å². The number of hydrogen-bond donors (Lipinski definition) is 2. The molecule has 0 radical (unpaired) electrons. The molecule has 1 aliphatic heterocycles. The van der Waals surface area contributed by atoms with Gasteiger partial charge in [-0.25, -0.2) is 0 Å². The zero-order chi connectivity index (χ0) is 13.6. The molecule has 104 valence electrons. The van der Waals surface area contributed by atoms with E-state index in [2.05, 4.69) is 17.6 Å². The third-order valence-electron chi connectivity index (χ3n) is 3.66. The van der Waals surface area contributed by atoms with Crippen LogP contribution in [0.3, 0.4) is 0 Å². The van der Waals surface area contributed by atoms with Crippen molar-refractivity contribution >= 4 is 11.8 Å². The fourth-order valence-electron chi connectivity index (χ4n) is 2.39. The minimum atomic E-state index is -0.445. The summed E-state index contributed by atoms with van der Waals surface area (Å²) in [5.41, 5.74) is -0.445. The molecule has 0 aromatic rings. The van der Waals surface area contributed by atoms with Crippen LogP contribution in [0.4, 0.5) is 0 Å². The zero-order valence-corrected chi connectivity index (χ0v) is 11.7. The van der Waals surface area contributed by atoms with E-state index in [4.69, 9.17) is 0 Å². The van der Waals surface area contributed by atoms with Gasteiger partial charge < -0.3 is 15.5 Å². The van der Waals surface area contributed by atoms with E-state index in [0.29, 0.717) is 6.54 Å². The van der Waals surface area contributed by atoms with Gasteiger partial charge in [0.25, 0.3) is 0 Å². The Balaban J connectivity index is 2.50. The van der Waals surface area contributed by atoms with Crippen molar-refractivity contribution in [1.82, 2.24) is 15.5 Å². The largest absolute Gasteiger partial charge is 0.345 e. The van der Waals surface area contributed by atoms with Gasteiger partial charge in [-0.1, -0.05) is 13.3 Å². The van der Waals surface area contributed by atoms with Crippen LogP contribution in [0.1, 0.15) is 39.5 Å². The van der Waals surface area contributed by atoms with E-state index >= 15 is 0 Å². The van der Waals surface area contributed by atoms with Crippen LogP contribution >= 0.6 is 0 Å². The zero-order valence-electron chi connectivity index (χ0n) is 11.7. The molecule has 5 heteroatoms. The Hall–Kier alpha value is -1.10. The highest BCUT2D eigenvalue weighted by Crippen LogP contribution is 2.24. The van der Waals surface area contributed by atoms with E-state index in [-0.39, 0.29) is 18.4 Å². The molecule has 1 aliphatic rings. The first-order chi connectivity index (χ1) is 8.55. The van der Waals surface area contributed by atoms with Crippen LogP contribution in [0, 0.1) is 0 Å². The fraction of sp³-hybridized carbons (Fsp3) is 0.846. The third kappa shape index (κ3) is 3.45. The molecule has 18 heavy (non-hydrogen) atoms. The highest BCUT2D eigenvalue weighted by Gasteiger charge is 2.39. The monoisotopic (exact) mass is 255 g/mol. The maximum absolute atomic E-state index is 12.2. The second-order valence-corrected chi connectivity index (χ2v) is 4.95. The molecular weight excluding hydrogens is 230 g/mol. The molecule has 0 aliphatic carbocycles. The van der Waals surface area contributed by atoms with Crippen LogP contribution < -0.4 is 10.6 Å². The van der Waals surface area contributed by atoms with Crippen molar-refractivity contribution in [1.29, 1.82) is 0 Å². The molecule has 1 rings (SSSR count). The lowest BCUT2D eigenvalue weighted by atomic mass is 9.91. The highest BCUT2D eigenvalue weighted by molar-refractivity contribution is 5.90. The molecule has 0 saturated carbocycles. The predicted octanol–water partition coefficient (Wildman–Crippen LogP) is 0.503. The highest BCUT2D eigenvalue weighted by atomic mass is 16.2. The molecule has 0 aromatic heterocycles. The van der Waals surface area contributed by atoms with Crippen LogP contribution in [0.2, 0.25) is 0 Å². The number of carbonyl (C=O) groups is 2. The van der Waals surface area contributed by atoms with E-state index < -0.39 is 5.54 Å². The van der Waals surface area contributed by atoms with Crippen molar-refractivity contribution in [2.24, 2.45) is 0 Å². The van der Waals surface area contributed by atoms with Gasteiger partial charge in [-0.05, 0) is 32.7 Å². The Labute approximate surface area is 109 Å². The summed E-state index contributed by atoms with van der Waals surface area (Å²) in [5, 5.41) is 6.07. The average molecular weight is 255 g/mol. The summed E-state index contributed by atoms with van der Waals surface area (Å²) in [6, 6.07) is 0. The van der Waals surface area contributed by atoms with Gasteiger partial charge in [0.1, 0.15) is 0 Å². The minimum absolute atomic E-state index is 0.0281. The van der Waals surface area contributed by atoms with Gasteiger partial charge >= 0.3 is 0 Å². The summed E-state index contributed by atoms with van der Waals surface area (Å²) in [6.07, 6.45) is 3.68. The first-order valence-corrected chi connectivity index (χ1v) is 6.83. The summed E-state index contributed by atoms with van der Waals surface area (Å²) in [5.74, 6) is -0.0739. The van der Waals surface area contributed by atoms with Crippen molar-refractivity contribution < 1.29 is 9.59 Å². The molecule has 2 amide bonds. The maximum Gasteiger partial charge on any atom is 0.241 e. The Bertz CT molecular complexity index is 299. The van der Waals surface area contributed by atoms with Crippen molar-refractivity contribution in [3.8, 4) is 0 Å². The van der Waals surface area contributed by atoms with E-state index in [1.807, 2.05) is 6.92 Å². The van der Waals surface area contributed by atoms with E-state index in [9.17, 15) is 9.59 Å². The van der Waals surface area contributed by atoms with Crippen LogP contribution in [-0.4, -0.2) is 48.9 Å². The molecule has 1 atom stereocenters. The Morgan fingerprint density at radius 2 is 2.11 bits per heavy atom. The number of likely N-dealkylation sites (N-methyl/N-ethyl adjacent to an activating group) is 1. The Morgan fingerprint density at radius 1 is 1.39 bits per heavy atom. The molecule has 1 unspecified atom stereocenters. The van der Waals surface area contributed by atoms with Crippen LogP contribution in [0.15, 0.2) is 0 Å². The van der Waals surface area contributed by atoms with E-state index in [0.717, 1.165) is 32.2 Å². The summed E-state index contributed by atoms with van der Waals surface area (Å²) >= 11 is 0. The molecule has 1 saturated heterocycles. The number of nitrogens with zero attached hydrogens (tertiary/aromatic N) is 1. The first-order valence-electron chi connectivity index (χ1n) is 6.83. The van der Waals surface area contributed by atoms with Crippen molar-refractivity contribution in [2.75, 3.05) is 26.7 Å². The molecule has 1 fully saturated rings. The molecule has 0 aromatic carbocycles. The Morgan fingerprint density at radius 3 is 2.61 bits per heavy atom. The molecule has 1 heterocycles. The van der Waals surface area contributed by atoms with Gasteiger partial charge in [-0.3, -0.25) is 9.59 Å². The lowest BCUT2D eigenvalue weighted by Gasteiger charge is -2.28. The van der Waals surface area contributed by atoms with Crippen molar-refractivity contribution in [3.05, 3.63) is 0 Å². The van der Waals surface area contributed by atoms with E-state index in [1.165, 1.54) is 0 Å². The molecule has 0 bridgehead atoms. The number of hydrogen-bond acceptors (Lipinski definition) is 3. The quantitative estimate of drug-likeness (QED) is 0.726. The number of rotatable bonds is 6. The summed E-state index contributed by atoms with van der Waals surface area (Å²) in [6.45, 7) is 5.63. The second kappa shape index (κ2) is 6.73. The first kappa shape index (κ1) is 15.0. The SMILES string of the molecule is CCCC1(C(=O)NCC(=O)N(C)CC)CCCN1. The predicted molar refractivity (Wildman–Crippen MR) is 71.2 cm³/mol. The number of nitrogens with one attached hydrogen (secondary N) is 2. The second-order valence-electron chi connectivity index (χ2n) is 4.95. The van der Waals surface area contributed by atoms with Crippen LogP contribution in [-0.2, 0) is 9.59 Å². The van der Waals surface area contributed by atoms with Gasteiger partial charge in [0.15, 0.2) is 0 Å². The molecule has 2 N–H and O–H groups in total. The van der Waals surface area contributed by atoms with Crippen molar-refractivity contribution in [3.63, 3.8) is 0 Å². The average Bonchev–Trinajstić information content (AvgIpc) is 2.84. The molecule has 0 spiro atoms. The van der Waals surface area contributed by atoms with Gasteiger partial charge in [0.2, 0.25) is 11.8 Å². The minimum Gasteiger partial charge on any atom is -0.345 e. The van der Waals surface area contributed by atoms with E-state index in [1.54, 1.807) is 11.9 Å². The third-order valence-corrected chi connectivity index (χ3v) is 3.66. The maximum atomic E-state index is 12.2. The van der Waals surface area contributed by atoms with Gasteiger partial charge in [-0.2, -0.15) is 0 Å². The summed E-state index contributed by atoms with van der Waals surface area (Å²) < 4.78 is 0. The summed E-state index contributed by atoms with van der Waals surface area (Å²) in [7, 11) is 1.74. The van der Waals surface area contributed by atoms with Crippen LogP contribution in [0.25, 0.3) is 0 Å². The number of carbonyl (C=O) groups excluding carboxylic acids is 2. The molecule has 5 nitrogen and oxygen atoms in total. The lowest BCUT2D eigenvalue weighted by molar-refractivity contribution is -0.133. The topological polar surface area (TPSA) is 61.4 Å².